The fourth-order valence-electron chi connectivity index (χ4n) is 1.75. The summed E-state index contributed by atoms with van der Waals surface area (Å²) in [6.45, 7) is 2.36. The van der Waals surface area contributed by atoms with Crippen molar-refractivity contribution in [2.24, 2.45) is 0 Å². The molecule has 0 atom stereocenters. The molecule has 0 saturated carbocycles. The second-order valence-corrected chi connectivity index (χ2v) is 4.51. The summed E-state index contributed by atoms with van der Waals surface area (Å²) < 4.78 is 5.36. The molecule has 1 aromatic carbocycles. The number of anilines is 1. The average Bonchev–Trinajstić information content (AvgIpc) is 2.44. The molecule has 0 radical (unpaired) electrons. The van der Waals surface area contributed by atoms with Crippen LogP contribution in [0.2, 0.25) is 5.02 Å². The van der Waals surface area contributed by atoms with Crippen molar-refractivity contribution in [3.05, 3.63) is 53.2 Å². The van der Waals surface area contributed by atoms with Crippen LogP contribution in [0.25, 0.3) is 0 Å². The van der Waals surface area contributed by atoms with Gasteiger partial charge in [0.1, 0.15) is 5.69 Å². The number of nitrogens with zero attached hydrogens (tertiary/aromatic N) is 1. The van der Waals surface area contributed by atoms with Gasteiger partial charge in [-0.15, -0.1) is 0 Å². The van der Waals surface area contributed by atoms with Gasteiger partial charge < -0.3 is 10.1 Å². The predicted molar refractivity (Wildman–Crippen MR) is 79.2 cm³/mol. The van der Waals surface area contributed by atoms with E-state index in [1.807, 2.05) is 25.1 Å². The molecule has 1 amide bonds. The summed E-state index contributed by atoms with van der Waals surface area (Å²) in [5, 5.41) is 3.37. The van der Waals surface area contributed by atoms with Gasteiger partial charge in [0.25, 0.3) is 0 Å². The average molecular weight is 291 g/mol. The zero-order valence-corrected chi connectivity index (χ0v) is 11.9. The molecule has 5 heteroatoms. The van der Waals surface area contributed by atoms with Crippen LogP contribution in [0.1, 0.15) is 12.5 Å². The van der Waals surface area contributed by atoms with E-state index in [0.717, 1.165) is 5.56 Å². The number of hydrogen-bond acceptors (Lipinski definition) is 3. The van der Waals surface area contributed by atoms with Crippen LogP contribution in [0.5, 0.6) is 5.88 Å². The molecule has 0 unspecified atom stereocenters. The van der Waals surface area contributed by atoms with Gasteiger partial charge in [0.2, 0.25) is 11.8 Å². The van der Waals surface area contributed by atoms with Crippen LogP contribution in [0.4, 0.5) is 5.69 Å². The number of benzene rings is 1. The Labute approximate surface area is 122 Å². The van der Waals surface area contributed by atoms with Crippen LogP contribution in [0.3, 0.4) is 0 Å². The molecule has 0 saturated heterocycles. The summed E-state index contributed by atoms with van der Waals surface area (Å²) in [7, 11) is 0. The van der Waals surface area contributed by atoms with E-state index in [4.69, 9.17) is 16.3 Å². The number of rotatable bonds is 5. The Morgan fingerprint density at radius 3 is 2.85 bits per heavy atom. The molecule has 0 aliphatic carbocycles. The van der Waals surface area contributed by atoms with Crippen molar-refractivity contribution in [2.75, 3.05) is 11.9 Å². The molecule has 4 nitrogen and oxygen atoms in total. The Balaban J connectivity index is 2.07. The normalized spacial score (nSPS) is 10.1. The van der Waals surface area contributed by atoms with Crippen molar-refractivity contribution in [1.82, 2.24) is 4.98 Å². The van der Waals surface area contributed by atoms with Crippen molar-refractivity contribution in [2.45, 2.75) is 13.3 Å². The van der Waals surface area contributed by atoms with Gasteiger partial charge >= 0.3 is 0 Å². The molecule has 0 spiro atoms. The highest BCUT2D eigenvalue weighted by Crippen LogP contribution is 2.21. The monoisotopic (exact) mass is 290 g/mol. The molecule has 1 N–H and O–H groups in total. The first-order valence-corrected chi connectivity index (χ1v) is 6.69. The van der Waals surface area contributed by atoms with Crippen LogP contribution in [0, 0.1) is 0 Å². The maximum absolute atomic E-state index is 12.0. The highest BCUT2D eigenvalue weighted by molar-refractivity contribution is 6.31. The number of pyridine rings is 1. The Morgan fingerprint density at radius 2 is 2.10 bits per heavy atom. The standard InChI is InChI=1S/C15H15ClN2O2/c1-2-20-15-13(8-5-9-17-15)18-14(19)10-11-6-3-4-7-12(11)16/h3-9H,2,10H2,1H3,(H,18,19). The molecular weight excluding hydrogens is 276 g/mol. The van der Waals surface area contributed by atoms with Crippen molar-refractivity contribution in [3.8, 4) is 5.88 Å². The quantitative estimate of drug-likeness (QED) is 0.919. The van der Waals surface area contributed by atoms with E-state index in [-0.39, 0.29) is 12.3 Å². The van der Waals surface area contributed by atoms with Crippen molar-refractivity contribution < 1.29 is 9.53 Å². The van der Waals surface area contributed by atoms with Gasteiger partial charge in [-0.25, -0.2) is 4.98 Å². The second-order valence-electron chi connectivity index (χ2n) is 4.11. The zero-order valence-electron chi connectivity index (χ0n) is 11.1. The Hall–Kier alpha value is -2.07. The number of nitrogens with one attached hydrogen (secondary N) is 1. The lowest BCUT2D eigenvalue weighted by atomic mass is 10.1. The Kier molecular flexibility index (Phi) is 4.96. The van der Waals surface area contributed by atoms with Crippen LogP contribution in [0.15, 0.2) is 42.6 Å². The lowest BCUT2D eigenvalue weighted by Gasteiger charge is -2.10. The Bertz CT molecular complexity index is 602. The summed E-state index contributed by atoms with van der Waals surface area (Å²) in [5.41, 5.74) is 1.35. The van der Waals surface area contributed by atoms with E-state index in [2.05, 4.69) is 10.3 Å². The van der Waals surface area contributed by atoms with Crippen LogP contribution < -0.4 is 10.1 Å². The van der Waals surface area contributed by atoms with Gasteiger partial charge in [0.15, 0.2) is 0 Å². The number of aromatic nitrogens is 1. The van der Waals surface area contributed by atoms with E-state index in [0.29, 0.717) is 23.2 Å². The third-order valence-corrected chi connectivity index (χ3v) is 3.00. The smallest absolute Gasteiger partial charge is 0.237 e. The van der Waals surface area contributed by atoms with Crippen LogP contribution >= 0.6 is 11.6 Å². The number of amides is 1. The molecule has 0 aliphatic heterocycles. The first kappa shape index (κ1) is 14.3. The van der Waals surface area contributed by atoms with E-state index in [1.54, 1.807) is 24.4 Å². The number of ether oxygens (including phenoxy) is 1. The van der Waals surface area contributed by atoms with Crippen molar-refractivity contribution >= 4 is 23.2 Å². The largest absolute Gasteiger partial charge is 0.476 e. The van der Waals surface area contributed by atoms with Crippen molar-refractivity contribution in [1.29, 1.82) is 0 Å². The minimum atomic E-state index is -0.160. The van der Waals surface area contributed by atoms with Gasteiger partial charge in [-0.1, -0.05) is 29.8 Å². The van der Waals surface area contributed by atoms with Gasteiger partial charge in [0, 0.05) is 11.2 Å². The molecule has 2 aromatic rings. The SMILES string of the molecule is CCOc1ncccc1NC(=O)Cc1ccccc1Cl. The number of halogens is 1. The molecule has 2 rings (SSSR count). The van der Waals surface area contributed by atoms with Crippen LogP contribution in [-0.2, 0) is 11.2 Å². The fraction of sp³-hybridized carbons (Fsp3) is 0.200. The minimum Gasteiger partial charge on any atom is -0.476 e. The van der Waals surface area contributed by atoms with E-state index >= 15 is 0 Å². The number of carbonyl (C=O) groups is 1. The maximum atomic E-state index is 12.0. The van der Waals surface area contributed by atoms with Crippen LogP contribution in [-0.4, -0.2) is 17.5 Å². The fourth-order valence-corrected chi connectivity index (χ4v) is 1.95. The molecule has 0 fully saturated rings. The molecule has 1 aromatic heterocycles. The highest BCUT2D eigenvalue weighted by Gasteiger charge is 2.10. The number of hydrogen-bond donors (Lipinski definition) is 1. The molecule has 20 heavy (non-hydrogen) atoms. The summed E-state index contributed by atoms with van der Waals surface area (Å²) in [5.74, 6) is 0.259. The lowest BCUT2D eigenvalue weighted by Crippen LogP contribution is -2.15. The topological polar surface area (TPSA) is 51.2 Å². The maximum Gasteiger partial charge on any atom is 0.237 e. The second kappa shape index (κ2) is 6.91. The first-order chi connectivity index (χ1) is 9.70. The van der Waals surface area contributed by atoms with Gasteiger partial charge in [0.05, 0.1) is 13.0 Å². The summed E-state index contributed by atoms with van der Waals surface area (Å²) >= 11 is 6.04. The van der Waals surface area contributed by atoms with Gasteiger partial charge in [-0.05, 0) is 30.7 Å². The predicted octanol–water partition coefficient (Wildman–Crippen LogP) is 3.31. The lowest BCUT2D eigenvalue weighted by molar-refractivity contribution is -0.115. The van der Waals surface area contributed by atoms with Crippen molar-refractivity contribution in [3.63, 3.8) is 0 Å². The zero-order chi connectivity index (χ0) is 14.4. The molecular formula is C15H15ClN2O2. The third-order valence-electron chi connectivity index (χ3n) is 2.64. The summed E-state index contributed by atoms with van der Waals surface area (Å²) in [6.07, 6.45) is 1.83. The van der Waals surface area contributed by atoms with E-state index < -0.39 is 0 Å². The van der Waals surface area contributed by atoms with E-state index in [1.165, 1.54) is 0 Å². The molecule has 0 aliphatic rings. The minimum absolute atomic E-state index is 0.160. The third kappa shape index (κ3) is 3.71. The molecule has 104 valence electrons. The van der Waals surface area contributed by atoms with Gasteiger partial charge in [-0.3, -0.25) is 4.79 Å². The highest BCUT2D eigenvalue weighted by atomic mass is 35.5. The summed E-state index contributed by atoms with van der Waals surface area (Å²) in [6, 6.07) is 10.8. The molecule has 0 bridgehead atoms. The Morgan fingerprint density at radius 1 is 1.30 bits per heavy atom. The number of carbonyl (C=O) groups excluding carboxylic acids is 1. The van der Waals surface area contributed by atoms with E-state index in [9.17, 15) is 4.79 Å². The molecule has 1 heterocycles. The summed E-state index contributed by atoms with van der Waals surface area (Å²) in [4.78, 5) is 16.1. The van der Waals surface area contributed by atoms with Gasteiger partial charge in [-0.2, -0.15) is 0 Å². The first-order valence-electron chi connectivity index (χ1n) is 6.31.